The fourth-order valence-electron chi connectivity index (χ4n) is 2.57. The molecule has 0 fully saturated rings. The number of aromatic nitrogens is 2. The van der Waals surface area contributed by atoms with Crippen LogP contribution < -0.4 is 4.74 Å². The summed E-state index contributed by atoms with van der Waals surface area (Å²) >= 11 is 0. The SMILES string of the molecule is CCOC(=O)c1ccc(-c2ncc(C#Cc3ccc(OC)cc3)n2C)cc1. The molecule has 1 heterocycles. The Balaban J connectivity index is 1.81. The van der Waals surface area contributed by atoms with Gasteiger partial charge in [-0.25, -0.2) is 9.78 Å². The molecule has 0 saturated heterocycles. The van der Waals surface area contributed by atoms with Crippen molar-refractivity contribution in [2.45, 2.75) is 6.92 Å². The molecule has 0 aliphatic rings. The zero-order valence-corrected chi connectivity index (χ0v) is 15.5. The van der Waals surface area contributed by atoms with Crippen LogP contribution in [0.1, 0.15) is 28.5 Å². The van der Waals surface area contributed by atoms with Crippen LogP contribution in [-0.2, 0) is 11.8 Å². The second-order valence-corrected chi connectivity index (χ2v) is 5.80. The van der Waals surface area contributed by atoms with Gasteiger partial charge in [-0.3, -0.25) is 0 Å². The van der Waals surface area contributed by atoms with Gasteiger partial charge in [0, 0.05) is 18.2 Å². The highest BCUT2D eigenvalue weighted by Gasteiger charge is 2.10. The molecular weight excluding hydrogens is 340 g/mol. The maximum absolute atomic E-state index is 11.8. The molecule has 0 amide bonds. The molecule has 0 aliphatic heterocycles. The van der Waals surface area contributed by atoms with Gasteiger partial charge in [0.2, 0.25) is 0 Å². The van der Waals surface area contributed by atoms with Crippen LogP contribution in [0.5, 0.6) is 5.75 Å². The van der Waals surface area contributed by atoms with E-state index in [2.05, 4.69) is 16.8 Å². The van der Waals surface area contributed by atoms with Crippen LogP contribution in [-0.4, -0.2) is 29.2 Å². The lowest BCUT2D eigenvalue weighted by Gasteiger charge is -2.05. The molecule has 5 heteroatoms. The van der Waals surface area contributed by atoms with Crippen molar-refractivity contribution in [1.82, 2.24) is 9.55 Å². The number of rotatable bonds is 4. The van der Waals surface area contributed by atoms with Gasteiger partial charge in [-0.05, 0) is 49.2 Å². The van der Waals surface area contributed by atoms with Crippen LogP contribution in [0.2, 0.25) is 0 Å². The van der Waals surface area contributed by atoms with Crippen LogP contribution in [0.15, 0.2) is 54.7 Å². The lowest BCUT2D eigenvalue weighted by atomic mass is 10.1. The van der Waals surface area contributed by atoms with Gasteiger partial charge < -0.3 is 14.0 Å². The molecular formula is C22H20N2O3. The molecule has 3 rings (SSSR count). The maximum Gasteiger partial charge on any atom is 0.338 e. The average Bonchev–Trinajstić information content (AvgIpc) is 3.07. The number of carbonyl (C=O) groups is 1. The Bertz CT molecular complexity index is 991. The first-order valence-corrected chi connectivity index (χ1v) is 8.57. The van der Waals surface area contributed by atoms with E-state index in [1.54, 1.807) is 32.4 Å². The Morgan fingerprint density at radius 2 is 1.78 bits per heavy atom. The minimum absolute atomic E-state index is 0.324. The van der Waals surface area contributed by atoms with Gasteiger partial charge in [-0.1, -0.05) is 18.1 Å². The van der Waals surface area contributed by atoms with E-state index in [1.807, 2.05) is 48.0 Å². The summed E-state index contributed by atoms with van der Waals surface area (Å²) in [4.78, 5) is 16.2. The largest absolute Gasteiger partial charge is 0.497 e. The highest BCUT2D eigenvalue weighted by molar-refractivity contribution is 5.89. The van der Waals surface area contributed by atoms with Crippen LogP contribution in [0.4, 0.5) is 0 Å². The first-order valence-electron chi connectivity index (χ1n) is 8.57. The smallest absolute Gasteiger partial charge is 0.338 e. The summed E-state index contributed by atoms with van der Waals surface area (Å²) < 4.78 is 12.1. The molecule has 0 radical (unpaired) electrons. The Labute approximate surface area is 158 Å². The Morgan fingerprint density at radius 1 is 1.07 bits per heavy atom. The summed E-state index contributed by atoms with van der Waals surface area (Å²) in [5.41, 5.74) is 3.13. The lowest BCUT2D eigenvalue weighted by Crippen LogP contribution is -2.04. The summed E-state index contributed by atoms with van der Waals surface area (Å²) in [6.07, 6.45) is 1.74. The predicted molar refractivity (Wildman–Crippen MR) is 104 cm³/mol. The molecule has 0 N–H and O–H groups in total. The second kappa shape index (κ2) is 8.24. The van der Waals surface area contributed by atoms with E-state index in [0.717, 1.165) is 28.4 Å². The van der Waals surface area contributed by atoms with Crippen molar-refractivity contribution < 1.29 is 14.3 Å². The molecule has 0 aliphatic carbocycles. The van der Waals surface area contributed by atoms with Crippen molar-refractivity contribution in [3.63, 3.8) is 0 Å². The molecule has 2 aromatic carbocycles. The summed E-state index contributed by atoms with van der Waals surface area (Å²) in [6, 6.07) is 14.8. The quantitative estimate of drug-likeness (QED) is 0.526. The number of nitrogens with zero attached hydrogens (tertiary/aromatic N) is 2. The number of imidazole rings is 1. The summed E-state index contributed by atoms with van der Waals surface area (Å²) in [6.45, 7) is 2.14. The third kappa shape index (κ3) is 4.18. The van der Waals surface area contributed by atoms with Gasteiger partial charge in [0.05, 0.1) is 25.5 Å². The van der Waals surface area contributed by atoms with Gasteiger partial charge in [0.25, 0.3) is 0 Å². The molecule has 0 bridgehead atoms. The molecule has 0 atom stereocenters. The summed E-state index contributed by atoms with van der Waals surface area (Å²) in [5, 5.41) is 0. The van der Waals surface area contributed by atoms with Gasteiger partial charge in [0.1, 0.15) is 17.3 Å². The minimum atomic E-state index is -0.324. The molecule has 0 saturated carbocycles. The van der Waals surface area contributed by atoms with Crippen LogP contribution in [0, 0.1) is 11.8 Å². The fraction of sp³-hybridized carbons (Fsp3) is 0.182. The third-order valence-corrected chi connectivity index (χ3v) is 4.07. The van der Waals surface area contributed by atoms with Crippen molar-refractivity contribution in [3.8, 4) is 29.0 Å². The molecule has 0 spiro atoms. The van der Waals surface area contributed by atoms with Gasteiger partial charge in [0.15, 0.2) is 0 Å². The van der Waals surface area contributed by atoms with E-state index in [0.29, 0.717) is 12.2 Å². The maximum atomic E-state index is 11.8. The Hall–Kier alpha value is -3.52. The molecule has 1 aromatic heterocycles. The van der Waals surface area contributed by atoms with Gasteiger partial charge >= 0.3 is 5.97 Å². The van der Waals surface area contributed by atoms with Gasteiger partial charge in [-0.2, -0.15) is 0 Å². The van der Waals surface area contributed by atoms with E-state index in [1.165, 1.54) is 0 Å². The fourth-order valence-corrected chi connectivity index (χ4v) is 2.57. The average molecular weight is 360 g/mol. The van der Waals surface area contributed by atoms with Crippen molar-refractivity contribution in [2.75, 3.05) is 13.7 Å². The molecule has 136 valence electrons. The second-order valence-electron chi connectivity index (χ2n) is 5.80. The third-order valence-electron chi connectivity index (χ3n) is 4.07. The lowest BCUT2D eigenvalue weighted by molar-refractivity contribution is 0.0526. The van der Waals surface area contributed by atoms with Crippen molar-refractivity contribution in [2.24, 2.45) is 7.05 Å². The number of esters is 1. The van der Waals surface area contributed by atoms with Gasteiger partial charge in [-0.15, -0.1) is 0 Å². The molecule has 3 aromatic rings. The molecule has 27 heavy (non-hydrogen) atoms. The summed E-state index contributed by atoms with van der Waals surface area (Å²) in [5.74, 6) is 7.53. The normalized spacial score (nSPS) is 10.0. The van der Waals surface area contributed by atoms with Crippen LogP contribution >= 0.6 is 0 Å². The first kappa shape index (κ1) is 18.3. The molecule has 0 unspecified atom stereocenters. The number of methoxy groups -OCH3 is 1. The highest BCUT2D eigenvalue weighted by Crippen LogP contribution is 2.19. The number of ether oxygens (including phenoxy) is 2. The first-order chi connectivity index (χ1) is 13.1. The zero-order valence-electron chi connectivity index (χ0n) is 15.5. The van der Waals surface area contributed by atoms with E-state index < -0.39 is 0 Å². The molecule has 5 nitrogen and oxygen atoms in total. The number of hydrogen-bond acceptors (Lipinski definition) is 4. The number of carbonyl (C=O) groups excluding carboxylic acids is 1. The number of benzene rings is 2. The van der Waals surface area contributed by atoms with E-state index in [-0.39, 0.29) is 5.97 Å². The Morgan fingerprint density at radius 3 is 2.41 bits per heavy atom. The van der Waals surface area contributed by atoms with Crippen LogP contribution in [0.25, 0.3) is 11.4 Å². The van der Waals surface area contributed by atoms with Crippen LogP contribution in [0.3, 0.4) is 0 Å². The monoisotopic (exact) mass is 360 g/mol. The zero-order chi connectivity index (χ0) is 19.2. The van der Waals surface area contributed by atoms with E-state index in [4.69, 9.17) is 9.47 Å². The summed E-state index contributed by atoms with van der Waals surface area (Å²) in [7, 11) is 3.55. The topological polar surface area (TPSA) is 53.4 Å². The van der Waals surface area contributed by atoms with Crippen molar-refractivity contribution in [1.29, 1.82) is 0 Å². The highest BCUT2D eigenvalue weighted by atomic mass is 16.5. The van der Waals surface area contributed by atoms with Crippen molar-refractivity contribution in [3.05, 3.63) is 71.5 Å². The predicted octanol–water partition coefficient (Wildman–Crippen LogP) is 3.67. The number of hydrogen-bond donors (Lipinski definition) is 0. The van der Waals surface area contributed by atoms with E-state index in [9.17, 15) is 4.79 Å². The standard InChI is InChI=1S/C22H20N2O3/c1-4-27-22(25)18-10-8-17(9-11-18)21-23-15-19(24(21)2)12-5-16-6-13-20(26-3)14-7-16/h6-11,13-15H,4H2,1-3H3. The Kier molecular flexibility index (Phi) is 5.58. The minimum Gasteiger partial charge on any atom is -0.497 e. The van der Waals surface area contributed by atoms with Crippen molar-refractivity contribution >= 4 is 5.97 Å². The van der Waals surface area contributed by atoms with E-state index >= 15 is 0 Å².